The molecular weight excluding hydrogens is 162 g/mol. The summed E-state index contributed by atoms with van der Waals surface area (Å²) < 4.78 is 0. The van der Waals surface area contributed by atoms with Crippen LogP contribution in [0.4, 0.5) is 0 Å². The molecule has 0 saturated heterocycles. The minimum Gasteiger partial charge on any atom is -0.384 e. The zero-order chi connectivity index (χ0) is 9.61. The van der Waals surface area contributed by atoms with Crippen molar-refractivity contribution in [2.75, 3.05) is 14.1 Å². The van der Waals surface area contributed by atoms with Gasteiger partial charge >= 0.3 is 0 Å². The molecule has 0 aliphatic carbocycles. The second kappa shape index (κ2) is 5.41. The van der Waals surface area contributed by atoms with Gasteiger partial charge in [0.1, 0.15) is 0 Å². The van der Waals surface area contributed by atoms with Crippen LogP contribution in [0.2, 0.25) is 25.2 Å². The van der Waals surface area contributed by atoms with Crippen LogP contribution >= 0.6 is 0 Å². The van der Waals surface area contributed by atoms with E-state index < -0.39 is 8.07 Å². The molecular formula is C10H23NSi. The smallest absolute Gasteiger partial charge is 0.0511 e. The first kappa shape index (κ1) is 11.8. The van der Waals surface area contributed by atoms with Crippen molar-refractivity contribution in [1.29, 1.82) is 0 Å². The van der Waals surface area contributed by atoms with Crippen LogP contribution < -0.4 is 0 Å². The summed E-state index contributed by atoms with van der Waals surface area (Å²) in [5.41, 5.74) is 0. The van der Waals surface area contributed by atoms with E-state index >= 15 is 0 Å². The van der Waals surface area contributed by atoms with E-state index in [2.05, 4.69) is 51.3 Å². The van der Waals surface area contributed by atoms with Crippen LogP contribution in [0, 0.1) is 0 Å². The Morgan fingerprint density at radius 3 is 2.25 bits per heavy atom. The Labute approximate surface area is 78.5 Å². The van der Waals surface area contributed by atoms with Gasteiger partial charge in [-0.25, -0.2) is 0 Å². The number of allylic oxidation sites excluding steroid dienone is 1. The lowest BCUT2D eigenvalue weighted by molar-refractivity contribution is 0.563. The molecule has 2 heteroatoms. The molecule has 0 aromatic rings. The highest BCUT2D eigenvalue weighted by molar-refractivity contribution is 6.77. The van der Waals surface area contributed by atoms with Gasteiger partial charge in [0.2, 0.25) is 0 Å². The summed E-state index contributed by atoms with van der Waals surface area (Å²) in [5, 5.41) is 0. The second-order valence-electron chi connectivity index (χ2n) is 4.47. The van der Waals surface area contributed by atoms with E-state index in [0.29, 0.717) is 0 Å². The molecule has 0 rings (SSSR count). The van der Waals surface area contributed by atoms with Gasteiger partial charge < -0.3 is 4.90 Å². The minimum atomic E-state index is -0.884. The average Bonchev–Trinajstić information content (AvgIpc) is 1.85. The van der Waals surface area contributed by atoms with Gasteiger partial charge in [-0.3, -0.25) is 0 Å². The van der Waals surface area contributed by atoms with Crippen molar-refractivity contribution in [2.45, 2.75) is 38.5 Å². The molecule has 0 radical (unpaired) electrons. The van der Waals surface area contributed by atoms with Gasteiger partial charge in [-0.1, -0.05) is 38.6 Å². The van der Waals surface area contributed by atoms with Gasteiger partial charge in [0.25, 0.3) is 0 Å². The highest BCUT2D eigenvalue weighted by Crippen LogP contribution is 2.17. The van der Waals surface area contributed by atoms with E-state index in [1.165, 1.54) is 18.5 Å². The molecule has 0 N–H and O–H groups in total. The van der Waals surface area contributed by atoms with Crippen LogP contribution in [-0.2, 0) is 0 Å². The highest BCUT2D eigenvalue weighted by Gasteiger charge is 2.16. The third kappa shape index (κ3) is 6.47. The number of nitrogens with zero attached hydrogens (tertiary/aromatic N) is 1. The quantitative estimate of drug-likeness (QED) is 0.595. The van der Waals surface area contributed by atoms with Gasteiger partial charge in [0.15, 0.2) is 0 Å². The third-order valence-electron chi connectivity index (χ3n) is 2.00. The van der Waals surface area contributed by atoms with Crippen molar-refractivity contribution in [3.8, 4) is 0 Å². The van der Waals surface area contributed by atoms with Crippen molar-refractivity contribution in [2.24, 2.45) is 0 Å². The molecule has 0 saturated carbocycles. The summed E-state index contributed by atoms with van der Waals surface area (Å²) in [7, 11) is 3.26. The Bertz CT molecular complexity index is 139. The van der Waals surface area contributed by atoms with Crippen LogP contribution in [0.25, 0.3) is 0 Å². The Balaban J connectivity index is 3.74. The lowest BCUT2D eigenvalue weighted by Crippen LogP contribution is -2.23. The molecule has 0 aromatic carbocycles. The van der Waals surface area contributed by atoms with Crippen LogP contribution in [-0.4, -0.2) is 27.1 Å². The Morgan fingerprint density at radius 2 is 1.83 bits per heavy atom. The van der Waals surface area contributed by atoms with Crippen molar-refractivity contribution in [3.63, 3.8) is 0 Å². The van der Waals surface area contributed by atoms with Crippen LogP contribution in [0.15, 0.2) is 12.3 Å². The molecule has 0 unspecified atom stereocenters. The SMILES string of the molecule is CCC[Si](C)(C)CC=CN(C)C. The summed E-state index contributed by atoms with van der Waals surface area (Å²) >= 11 is 0. The third-order valence-corrected chi connectivity index (χ3v) is 5.20. The maximum atomic E-state index is 2.47. The number of hydrogen-bond acceptors (Lipinski definition) is 1. The lowest BCUT2D eigenvalue weighted by atomic mass is 10.6. The average molecular weight is 185 g/mol. The molecule has 0 heterocycles. The molecule has 1 nitrogen and oxygen atoms in total. The molecule has 0 fully saturated rings. The van der Waals surface area contributed by atoms with Gasteiger partial charge in [-0.2, -0.15) is 0 Å². The summed E-state index contributed by atoms with van der Waals surface area (Å²) in [4.78, 5) is 2.11. The predicted molar refractivity (Wildman–Crippen MR) is 60.2 cm³/mol. The highest BCUT2D eigenvalue weighted by atomic mass is 28.3. The maximum Gasteiger partial charge on any atom is 0.0511 e. The summed E-state index contributed by atoms with van der Waals surface area (Å²) in [6.45, 7) is 7.22. The van der Waals surface area contributed by atoms with Gasteiger partial charge in [0.05, 0.1) is 8.07 Å². The van der Waals surface area contributed by atoms with E-state index in [1.54, 1.807) is 0 Å². The summed E-state index contributed by atoms with van der Waals surface area (Å²) in [6, 6.07) is 2.77. The van der Waals surface area contributed by atoms with Crippen LogP contribution in [0.3, 0.4) is 0 Å². The molecule has 0 spiro atoms. The van der Waals surface area contributed by atoms with Gasteiger partial charge in [-0.15, -0.1) is 0 Å². The standard InChI is InChI=1S/C10H23NSi/c1-6-9-12(4,5)10-7-8-11(2)3/h7-8H,6,9-10H2,1-5H3. The van der Waals surface area contributed by atoms with Crippen molar-refractivity contribution >= 4 is 8.07 Å². The van der Waals surface area contributed by atoms with Gasteiger partial charge in [-0.05, 0) is 12.2 Å². The first-order valence-corrected chi connectivity index (χ1v) is 8.22. The van der Waals surface area contributed by atoms with Crippen molar-refractivity contribution in [1.82, 2.24) is 4.90 Å². The molecule has 0 atom stereocenters. The van der Waals surface area contributed by atoms with Crippen molar-refractivity contribution in [3.05, 3.63) is 12.3 Å². The molecule has 0 aliphatic heterocycles. The predicted octanol–water partition coefficient (Wildman–Crippen LogP) is 3.18. The molecule has 0 aromatic heterocycles. The first-order valence-electron chi connectivity index (χ1n) is 4.81. The zero-order valence-corrected chi connectivity index (χ0v) is 10.2. The van der Waals surface area contributed by atoms with Crippen LogP contribution in [0.1, 0.15) is 13.3 Å². The normalized spacial score (nSPS) is 12.4. The van der Waals surface area contributed by atoms with Crippen molar-refractivity contribution < 1.29 is 0 Å². The van der Waals surface area contributed by atoms with Crippen LogP contribution in [0.5, 0.6) is 0 Å². The molecule has 0 aliphatic rings. The Hall–Kier alpha value is -0.243. The first-order chi connectivity index (χ1) is 5.48. The zero-order valence-electron chi connectivity index (χ0n) is 9.22. The largest absolute Gasteiger partial charge is 0.384 e. The Kier molecular flexibility index (Phi) is 5.30. The molecule has 12 heavy (non-hydrogen) atoms. The minimum absolute atomic E-state index is 0.884. The number of rotatable bonds is 5. The van der Waals surface area contributed by atoms with Gasteiger partial charge in [0, 0.05) is 14.1 Å². The fraction of sp³-hybridized carbons (Fsp3) is 0.800. The fourth-order valence-electron chi connectivity index (χ4n) is 1.36. The summed E-state index contributed by atoms with van der Waals surface area (Å²) in [5.74, 6) is 0. The maximum absolute atomic E-state index is 2.47. The molecule has 0 bridgehead atoms. The Morgan fingerprint density at radius 1 is 1.25 bits per heavy atom. The molecule has 0 amide bonds. The topological polar surface area (TPSA) is 3.24 Å². The van der Waals surface area contributed by atoms with E-state index in [0.717, 1.165) is 0 Å². The van der Waals surface area contributed by atoms with E-state index in [-0.39, 0.29) is 0 Å². The monoisotopic (exact) mass is 185 g/mol. The summed E-state index contributed by atoms with van der Waals surface area (Å²) in [6.07, 6.45) is 5.83. The van der Waals surface area contributed by atoms with E-state index in [1.807, 2.05) is 0 Å². The molecule has 72 valence electrons. The number of hydrogen-bond donors (Lipinski definition) is 0. The lowest BCUT2D eigenvalue weighted by Gasteiger charge is -2.19. The van der Waals surface area contributed by atoms with E-state index in [9.17, 15) is 0 Å². The second-order valence-corrected chi connectivity index (χ2v) is 9.70. The van der Waals surface area contributed by atoms with E-state index in [4.69, 9.17) is 0 Å². The fourth-order valence-corrected chi connectivity index (χ4v) is 3.66.